The summed E-state index contributed by atoms with van der Waals surface area (Å²) < 4.78 is 9.16. The molecule has 289 valence electrons. The number of amides is 2. The molecule has 2 aromatic rings. The second kappa shape index (κ2) is 39.4. The Hall–Kier alpha value is -3.37. The molecule has 4 unspecified atom stereocenters. The quantitative estimate of drug-likeness (QED) is 0.119. The summed E-state index contributed by atoms with van der Waals surface area (Å²) in [7, 11) is 4.51. The van der Waals surface area contributed by atoms with Crippen molar-refractivity contribution >= 4 is 36.3 Å². The van der Waals surface area contributed by atoms with Gasteiger partial charge in [-0.2, -0.15) is 0 Å². The molecule has 0 aromatic heterocycles. The van der Waals surface area contributed by atoms with Gasteiger partial charge in [0.25, 0.3) is 12.4 Å². The van der Waals surface area contributed by atoms with Crippen molar-refractivity contribution in [3.8, 4) is 5.75 Å². The number of aryl methyl sites for hydroxylation is 2. The van der Waals surface area contributed by atoms with Crippen LogP contribution in [0.3, 0.4) is 0 Å². The molecular formula is C40H68N2O8Y. The number of aliphatic carboxylic acids is 1. The molecule has 0 bridgehead atoms. The molecule has 10 nitrogen and oxygen atoms in total. The summed E-state index contributed by atoms with van der Waals surface area (Å²) in [5.41, 5.74) is 3.08. The van der Waals surface area contributed by atoms with Crippen LogP contribution in [0.2, 0.25) is 0 Å². The summed E-state index contributed by atoms with van der Waals surface area (Å²) in [4.78, 5) is 49.1. The minimum atomic E-state index is -0.833. The Kier molecular flexibility index (Phi) is 46.2. The van der Waals surface area contributed by atoms with Crippen molar-refractivity contribution in [3.63, 3.8) is 0 Å². The standard InChI is InChI=1S/C17H16O2.C10H20.2C3H7NO.2C2H4O2.C2H6.CH4.Y/c1-13-8-10-16(14(2)12-13)19-17(18)11-9-15-6-4-3-5-7-15;1-5-10-8(3)6-7(2)9(10)4;2*1-3(5)4-2;1-4-2-3;1-2(3)4;1-2;;/h3-12H,1-2H3;7-10H,5-6H2,1-4H3;2*1-2H3,(H,4,5);2H,1H3;1H3,(H,3,4);1-2H3;1H4;/b11-9+;;;;;;;;. The van der Waals surface area contributed by atoms with Crippen molar-refractivity contribution in [2.24, 2.45) is 23.7 Å². The van der Waals surface area contributed by atoms with E-state index in [1.807, 2.05) is 76.2 Å². The number of carboxylic acid groups (broad SMARTS) is 1. The monoisotopic (exact) mass is 793 g/mol. The molecule has 2 aromatic carbocycles. The third kappa shape index (κ3) is 37.7. The number of methoxy groups -OCH3 is 1. The molecule has 4 atom stereocenters. The van der Waals surface area contributed by atoms with Gasteiger partial charge in [0.1, 0.15) is 5.75 Å². The summed E-state index contributed by atoms with van der Waals surface area (Å²) >= 11 is 0. The van der Waals surface area contributed by atoms with E-state index in [1.165, 1.54) is 39.9 Å². The second-order valence-corrected chi connectivity index (χ2v) is 11.0. The maximum absolute atomic E-state index is 11.7. The van der Waals surface area contributed by atoms with E-state index in [9.17, 15) is 14.4 Å². The molecule has 2 amide bonds. The fraction of sp³-hybridized carbons (Fsp3) is 0.525. The largest absolute Gasteiger partial charge is 0.481 e. The molecule has 0 saturated heterocycles. The van der Waals surface area contributed by atoms with Crippen molar-refractivity contribution in [3.05, 3.63) is 71.3 Å². The van der Waals surface area contributed by atoms with Crippen molar-refractivity contribution in [2.45, 2.75) is 96.4 Å². The van der Waals surface area contributed by atoms with Crippen LogP contribution in [0.15, 0.2) is 54.6 Å². The summed E-state index contributed by atoms with van der Waals surface area (Å²) in [5, 5.41) is 12.2. The molecule has 0 spiro atoms. The topological polar surface area (TPSA) is 148 Å². The number of rotatable bonds is 5. The Morgan fingerprint density at radius 1 is 0.882 bits per heavy atom. The van der Waals surface area contributed by atoms with Gasteiger partial charge in [0.15, 0.2) is 0 Å². The zero-order valence-corrected chi connectivity index (χ0v) is 35.8. The van der Waals surface area contributed by atoms with Gasteiger partial charge in [-0.1, -0.05) is 103 Å². The number of carbonyl (C=O) groups excluding carboxylic acids is 4. The summed E-state index contributed by atoms with van der Waals surface area (Å²) in [6, 6.07) is 15.4. The van der Waals surface area contributed by atoms with E-state index in [4.69, 9.17) is 19.4 Å². The normalized spacial score (nSPS) is 15.7. The first-order chi connectivity index (χ1) is 23.0. The van der Waals surface area contributed by atoms with Crippen LogP contribution in [0.5, 0.6) is 5.75 Å². The van der Waals surface area contributed by atoms with Gasteiger partial charge < -0.3 is 25.2 Å². The Morgan fingerprint density at radius 2 is 1.31 bits per heavy atom. The molecule has 1 aliphatic carbocycles. The smallest absolute Gasteiger partial charge is 0.336 e. The van der Waals surface area contributed by atoms with E-state index in [0.717, 1.165) is 47.3 Å². The van der Waals surface area contributed by atoms with Crippen LogP contribution < -0.4 is 15.4 Å². The van der Waals surface area contributed by atoms with E-state index in [2.05, 4.69) is 43.1 Å². The molecule has 1 radical (unpaired) electrons. The van der Waals surface area contributed by atoms with Crippen LogP contribution in [0.4, 0.5) is 0 Å². The van der Waals surface area contributed by atoms with Gasteiger partial charge in [-0.25, -0.2) is 4.79 Å². The number of ether oxygens (including phenoxy) is 2. The molecule has 3 rings (SSSR count). The Balaban J connectivity index is -0.000000134. The van der Waals surface area contributed by atoms with Crippen molar-refractivity contribution in [1.82, 2.24) is 10.6 Å². The molecule has 0 heterocycles. The number of hydrogen-bond donors (Lipinski definition) is 3. The molecule has 11 heteroatoms. The van der Waals surface area contributed by atoms with Gasteiger partial charge in [0.05, 0.1) is 7.11 Å². The second-order valence-electron chi connectivity index (χ2n) is 11.0. The number of carboxylic acids is 1. The SMILES string of the molecule is C.CC.CC(=O)O.CCC1C(C)CC(C)C1C.CNC(C)=O.CNC(C)=O.COC=O.Cc1ccc(OC(=O)/C=C/c2ccccc2)c(C)c1.[Y]. The summed E-state index contributed by atoms with van der Waals surface area (Å²) in [6.07, 6.45) is 6.02. The molecule has 3 N–H and O–H groups in total. The van der Waals surface area contributed by atoms with Crippen LogP contribution in [0.25, 0.3) is 6.08 Å². The maximum Gasteiger partial charge on any atom is 0.336 e. The van der Waals surface area contributed by atoms with Gasteiger partial charge in [0, 0.05) is 73.7 Å². The van der Waals surface area contributed by atoms with Crippen LogP contribution in [0, 0.1) is 37.5 Å². The number of benzene rings is 2. The first-order valence-electron chi connectivity index (χ1n) is 16.6. The van der Waals surface area contributed by atoms with E-state index >= 15 is 0 Å². The fourth-order valence-electron chi connectivity index (χ4n) is 4.47. The van der Waals surface area contributed by atoms with E-state index in [0.29, 0.717) is 12.2 Å². The van der Waals surface area contributed by atoms with E-state index in [-0.39, 0.29) is 57.9 Å². The molecular weight excluding hydrogens is 725 g/mol. The van der Waals surface area contributed by atoms with Crippen LogP contribution in [0.1, 0.15) is 99.3 Å². The van der Waals surface area contributed by atoms with Crippen molar-refractivity contribution in [1.29, 1.82) is 0 Å². The van der Waals surface area contributed by atoms with Crippen LogP contribution in [-0.4, -0.2) is 56.5 Å². The predicted octanol–water partition coefficient (Wildman–Crippen LogP) is 8.29. The predicted molar refractivity (Wildman–Crippen MR) is 207 cm³/mol. The summed E-state index contributed by atoms with van der Waals surface area (Å²) in [5.74, 6) is 3.35. The average Bonchev–Trinajstić information content (AvgIpc) is 3.32. The maximum atomic E-state index is 11.7. The first-order valence-corrected chi connectivity index (χ1v) is 16.6. The number of hydrogen-bond acceptors (Lipinski definition) is 7. The zero-order chi connectivity index (χ0) is 38.9. The Morgan fingerprint density at radius 3 is 1.61 bits per heavy atom. The van der Waals surface area contributed by atoms with Crippen LogP contribution in [-0.2, 0) is 61.4 Å². The van der Waals surface area contributed by atoms with Gasteiger partial charge >= 0.3 is 5.97 Å². The minimum absolute atomic E-state index is 0. The van der Waals surface area contributed by atoms with Crippen molar-refractivity contribution < 1.29 is 71.3 Å². The fourth-order valence-corrected chi connectivity index (χ4v) is 4.47. The molecule has 1 saturated carbocycles. The molecule has 51 heavy (non-hydrogen) atoms. The number of nitrogens with one attached hydrogen (secondary N) is 2. The molecule has 1 aliphatic rings. The van der Waals surface area contributed by atoms with Gasteiger partial charge in [-0.15, -0.1) is 0 Å². The summed E-state index contributed by atoms with van der Waals surface area (Å²) in [6.45, 7) is 21.9. The Bertz CT molecular complexity index is 1190. The van der Waals surface area contributed by atoms with Gasteiger partial charge in [0.2, 0.25) is 11.8 Å². The van der Waals surface area contributed by atoms with Gasteiger partial charge in [-0.3, -0.25) is 19.2 Å². The molecule has 1 fully saturated rings. The zero-order valence-electron chi connectivity index (χ0n) is 33.0. The van der Waals surface area contributed by atoms with Gasteiger partial charge in [-0.05, 0) is 67.2 Å². The minimum Gasteiger partial charge on any atom is -0.481 e. The number of carbonyl (C=O) groups is 5. The molecule has 0 aliphatic heterocycles. The van der Waals surface area contributed by atoms with Crippen LogP contribution >= 0.6 is 0 Å². The third-order valence-electron chi connectivity index (χ3n) is 7.07. The van der Waals surface area contributed by atoms with E-state index in [1.54, 1.807) is 20.2 Å². The van der Waals surface area contributed by atoms with Crippen molar-refractivity contribution in [2.75, 3.05) is 21.2 Å². The number of esters is 1. The Labute approximate surface area is 334 Å². The first kappa shape index (κ1) is 59.8. The third-order valence-corrected chi connectivity index (χ3v) is 7.07. The average molecular weight is 794 g/mol. The van der Waals surface area contributed by atoms with E-state index < -0.39 is 5.97 Å².